The number of benzene rings is 3. The molecule has 4 nitrogen and oxygen atoms in total. The number of rotatable bonds is 2. The fourth-order valence-electron chi connectivity index (χ4n) is 4.79. The monoisotopic (exact) mass is 386 g/mol. The van der Waals surface area contributed by atoms with Gasteiger partial charge in [0.15, 0.2) is 0 Å². The maximum Gasteiger partial charge on any atom is 0.228 e. The molecule has 148 valence electrons. The SMILES string of the molecule is CC(C)CN1c2ccccc2C(C)(C)C12C=Nc1c(ccc3ccc(O)cc13)O2. The first-order valence-corrected chi connectivity index (χ1v) is 10.2. The molecule has 1 unspecified atom stereocenters. The lowest BCUT2D eigenvalue weighted by Gasteiger charge is -2.46. The average Bonchev–Trinajstić information content (AvgIpc) is 2.86. The van der Waals surface area contributed by atoms with Crippen molar-refractivity contribution in [3.63, 3.8) is 0 Å². The van der Waals surface area contributed by atoms with E-state index < -0.39 is 5.72 Å². The number of phenolic OH excluding ortho intramolecular Hbond substituents is 1. The summed E-state index contributed by atoms with van der Waals surface area (Å²) in [4.78, 5) is 7.30. The minimum absolute atomic E-state index is 0.233. The third kappa shape index (κ3) is 2.41. The van der Waals surface area contributed by atoms with Crippen LogP contribution in [0, 0.1) is 5.92 Å². The number of fused-ring (bicyclic) bond motifs is 4. The largest absolute Gasteiger partial charge is 0.508 e. The summed E-state index contributed by atoms with van der Waals surface area (Å²) in [6.07, 6.45) is 1.97. The van der Waals surface area contributed by atoms with E-state index >= 15 is 0 Å². The zero-order valence-electron chi connectivity index (χ0n) is 17.3. The summed E-state index contributed by atoms with van der Waals surface area (Å²) in [5.74, 6) is 1.46. The number of nitrogens with zero attached hydrogens (tertiary/aromatic N) is 2. The summed E-state index contributed by atoms with van der Waals surface area (Å²) in [7, 11) is 0. The number of aliphatic imine (C=N–C) groups is 1. The molecular formula is C25H26N2O2. The smallest absolute Gasteiger partial charge is 0.228 e. The van der Waals surface area contributed by atoms with Crippen LogP contribution in [-0.4, -0.2) is 23.6 Å². The molecule has 5 rings (SSSR count). The van der Waals surface area contributed by atoms with Gasteiger partial charge in [-0.3, -0.25) is 4.99 Å². The molecule has 0 aliphatic carbocycles. The van der Waals surface area contributed by atoms with Crippen molar-refractivity contribution in [3.05, 3.63) is 60.2 Å². The number of anilines is 1. The van der Waals surface area contributed by atoms with Gasteiger partial charge in [0.1, 0.15) is 17.2 Å². The highest BCUT2D eigenvalue weighted by molar-refractivity contribution is 6.00. The van der Waals surface area contributed by atoms with Gasteiger partial charge in [-0.25, -0.2) is 0 Å². The Bertz CT molecular complexity index is 1150. The second kappa shape index (κ2) is 5.99. The van der Waals surface area contributed by atoms with Crippen LogP contribution in [0.3, 0.4) is 0 Å². The van der Waals surface area contributed by atoms with Crippen molar-refractivity contribution in [3.8, 4) is 11.5 Å². The number of phenols is 1. The molecule has 3 aromatic carbocycles. The van der Waals surface area contributed by atoms with E-state index in [9.17, 15) is 5.11 Å². The molecular weight excluding hydrogens is 360 g/mol. The lowest BCUT2D eigenvalue weighted by Crippen LogP contribution is -2.62. The van der Waals surface area contributed by atoms with Crippen molar-refractivity contribution < 1.29 is 9.84 Å². The second-order valence-corrected chi connectivity index (χ2v) is 9.02. The molecule has 2 aliphatic rings. The maximum atomic E-state index is 9.98. The fourth-order valence-corrected chi connectivity index (χ4v) is 4.79. The lowest BCUT2D eigenvalue weighted by atomic mass is 9.77. The summed E-state index contributed by atoms with van der Waals surface area (Å²) >= 11 is 0. The van der Waals surface area contributed by atoms with E-state index in [1.807, 2.05) is 24.4 Å². The molecule has 4 heteroatoms. The Hall–Kier alpha value is -3.01. The van der Waals surface area contributed by atoms with Gasteiger partial charge in [-0.15, -0.1) is 0 Å². The second-order valence-electron chi connectivity index (χ2n) is 9.02. The minimum Gasteiger partial charge on any atom is -0.508 e. The van der Waals surface area contributed by atoms with E-state index in [0.717, 1.165) is 28.8 Å². The van der Waals surface area contributed by atoms with Crippen LogP contribution in [0.2, 0.25) is 0 Å². The van der Waals surface area contributed by atoms with E-state index in [1.54, 1.807) is 12.1 Å². The van der Waals surface area contributed by atoms with Gasteiger partial charge in [0.2, 0.25) is 5.72 Å². The Balaban J connectivity index is 1.71. The molecule has 29 heavy (non-hydrogen) atoms. The average molecular weight is 386 g/mol. The van der Waals surface area contributed by atoms with E-state index in [0.29, 0.717) is 5.92 Å². The van der Waals surface area contributed by atoms with Gasteiger partial charge in [-0.1, -0.05) is 44.2 Å². The number of aromatic hydroxyl groups is 1. The van der Waals surface area contributed by atoms with Gasteiger partial charge in [-0.05, 0) is 55.0 Å². The highest BCUT2D eigenvalue weighted by atomic mass is 16.5. The Morgan fingerprint density at radius 2 is 1.83 bits per heavy atom. The molecule has 0 saturated carbocycles. The predicted octanol–water partition coefficient (Wildman–Crippen LogP) is 5.79. The van der Waals surface area contributed by atoms with Gasteiger partial charge < -0.3 is 14.7 Å². The third-order valence-corrected chi connectivity index (χ3v) is 6.29. The van der Waals surface area contributed by atoms with Gasteiger partial charge >= 0.3 is 0 Å². The standard InChI is InChI=1S/C25H26N2O2/c1-16(2)14-27-21-8-6-5-7-20(21)24(3,4)25(27)15-26-23-19-13-18(28)11-9-17(19)10-12-22(23)29-25/h5-13,15-16,28H,14H2,1-4H3. The molecule has 0 radical (unpaired) electrons. The summed E-state index contributed by atoms with van der Waals surface area (Å²) in [6.45, 7) is 9.79. The van der Waals surface area contributed by atoms with Gasteiger partial charge in [0.25, 0.3) is 0 Å². The van der Waals surface area contributed by atoms with Crippen molar-refractivity contribution in [1.82, 2.24) is 0 Å². The first-order valence-electron chi connectivity index (χ1n) is 10.2. The van der Waals surface area contributed by atoms with Crippen molar-refractivity contribution >= 4 is 28.4 Å². The highest BCUT2D eigenvalue weighted by Crippen LogP contribution is 2.55. The van der Waals surface area contributed by atoms with Gasteiger partial charge in [0.05, 0.1) is 11.6 Å². The molecule has 0 saturated heterocycles. The lowest BCUT2D eigenvalue weighted by molar-refractivity contribution is 0.0757. The first kappa shape index (κ1) is 18.0. The first-order chi connectivity index (χ1) is 13.8. The van der Waals surface area contributed by atoms with Crippen LogP contribution in [0.4, 0.5) is 11.4 Å². The van der Waals surface area contributed by atoms with Crippen LogP contribution in [0.15, 0.2) is 59.6 Å². The third-order valence-electron chi connectivity index (χ3n) is 6.29. The van der Waals surface area contributed by atoms with E-state index in [-0.39, 0.29) is 11.2 Å². The summed E-state index contributed by atoms with van der Waals surface area (Å²) in [5, 5.41) is 11.9. The van der Waals surface area contributed by atoms with Crippen LogP contribution < -0.4 is 9.64 Å². The Morgan fingerprint density at radius 1 is 1.07 bits per heavy atom. The zero-order chi connectivity index (χ0) is 20.4. The van der Waals surface area contributed by atoms with Crippen LogP contribution in [-0.2, 0) is 5.41 Å². The Morgan fingerprint density at radius 3 is 2.62 bits per heavy atom. The maximum absolute atomic E-state index is 9.98. The van der Waals surface area contributed by atoms with Crippen LogP contribution in [0.5, 0.6) is 11.5 Å². The number of para-hydroxylation sites is 1. The van der Waals surface area contributed by atoms with Crippen LogP contribution >= 0.6 is 0 Å². The van der Waals surface area contributed by atoms with Crippen LogP contribution in [0.1, 0.15) is 33.3 Å². The molecule has 1 spiro atoms. The quantitative estimate of drug-likeness (QED) is 0.606. The minimum atomic E-state index is -0.696. The fraction of sp³-hybridized carbons (Fsp3) is 0.320. The molecule has 2 heterocycles. The van der Waals surface area contributed by atoms with Gasteiger partial charge in [0, 0.05) is 17.6 Å². The Kier molecular flexibility index (Phi) is 3.73. The molecule has 1 atom stereocenters. The van der Waals surface area contributed by atoms with Crippen molar-refractivity contribution in [2.24, 2.45) is 10.9 Å². The highest BCUT2D eigenvalue weighted by Gasteiger charge is 2.59. The number of ether oxygens (including phenoxy) is 1. The van der Waals surface area contributed by atoms with E-state index in [2.05, 4.69) is 56.9 Å². The van der Waals surface area contributed by atoms with E-state index in [1.165, 1.54) is 11.3 Å². The van der Waals surface area contributed by atoms with Crippen molar-refractivity contribution in [2.75, 3.05) is 11.4 Å². The van der Waals surface area contributed by atoms with Crippen LogP contribution in [0.25, 0.3) is 10.8 Å². The molecule has 0 fully saturated rings. The zero-order valence-corrected chi connectivity index (χ0v) is 17.3. The predicted molar refractivity (Wildman–Crippen MR) is 119 cm³/mol. The topological polar surface area (TPSA) is 45.1 Å². The number of hydrogen-bond donors (Lipinski definition) is 1. The van der Waals surface area contributed by atoms with Crippen molar-refractivity contribution in [2.45, 2.75) is 38.8 Å². The molecule has 0 amide bonds. The summed E-state index contributed by atoms with van der Waals surface area (Å²) in [5.41, 5.74) is 2.28. The summed E-state index contributed by atoms with van der Waals surface area (Å²) < 4.78 is 6.83. The summed E-state index contributed by atoms with van der Waals surface area (Å²) in [6, 6.07) is 18.0. The van der Waals surface area contributed by atoms with Gasteiger partial charge in [-0.2, -0.15) is 0 Å². The van der Waals surface area contributed by atoms with E-state index in [4.69, 9.17) is 9.73 Å². The normalized spacial score (nSPS) is 21.5. The molecule has 2 aliphatic heterocycles. The number of hydrogen-bond acceptors (Lipinski definition) is 4. The molecule has 0 bridgehead atoms. The molecule has 1 N–H and O–H groups in total. The molecule has 0 aromatic heterocycles. The Labute approximate surface area is 171 Å². The van der Waals surface area contributed by atoms with Crippen molar-refractivity contribution in [1.29, 1.82) is 0 Å². The molecule has 3 aromatic rings.